The highest BCUT2D eigenvalue weighted by molar-refractivity contribution is 6.32. The molecule has 0 aromatic heterocycles. The molecule has 2 aromatic carbocycles. The van der Waals surface area contributed by atoms with Gasteiger partial charge in [0.05, 0.1) is 16.0 Å². The summed E-state index contributed by atoms with van der Waals surface area (Å²) in [6.45, 7) is 3.73. The Kier molecular flexibility index (Phi) is 4.30. The molecule has 0 aliphatic rings. The average Bonchev–Trinajstić information content (AvgIpc) is 2.48. The number of rotatable bonds is 3. The molecular weight excluding hydrogens is 284 g/mol. The molecule has 106 valence electrons. The summed E-state index contributed by atoms with van der Waals surface area (Å²) >= 11 is 5.97. The van der Waals surface area contributed by atoms with E-state index in [-0.39, 0.29) is 5.91 Å². The van der Waals surface area contributed by atoms with Crippen molar-refractivity contribution in [3.63, 3.8) is 0 Å². The van der Waals surface area contributed by atoms with Gasteiger partial charge in [-0.25, -0.2) is 0 Å². The Hall–Kier alpha value is -2.31. The van der Waals surface area contributed by atoms with Gasteiger partial charge in [0.15, 0.2) is 0 Å². The molecule has 0 fully saturated rings. The molecule has 0 aliphatic carbocycles. The van der Waals surface area contributed by atoms with E-state index in [9.17, 15) is 4.79 Å². The number of anilines is 1. The van der Waals surface area contributed by atoms with Gasteiger partial charge in [0.2, 0.25) is 5.91 Å². The molecule has 3 nitrogen and oxygen atoms in total. The number of nitrogens with zero attached hydrogens (tertiary/aromatic N) is 1. The zero-order chi connectivity index (χ0) is 15.5. The van der Waals surface area contributed by atoms with Gasteiger partial charge in [0.1, 0.15) is 6.07 Å². The van der Waals surface area contributed by atoms with Gasteiger partial charge in [-0.2, -0.15) is 5.26 Å². The maximum atomic E-state index is 12.5. The molecule has 2 rings (SSSR count). The number of carbonyl (C=O) groups excluding carboxylic acids is 1. The van der Waals surface area contributed by atoms with Crippen LogP contribution >= 0.6 is 11.6 Å². The van der Waals surface area contributed by atoms with Gasteiger partial charge in [-0.3, -0.25) is 4.79 Å². The van der Waals surface area contributed by atoms with Crippen LogP contribution in [-0.2, 0) is 10.2 Å². The Labute approximate surface area is 129 Å². The number of amides is 1. The smallest absolute Gasteiger partial charge is 0.234 e. The van der Waals surface area contributed by atoms with Crippen molar-refractivity contribution in [2.24, 2.45) is 0 Å². The van der Waals surface area contributed by atoms with E-state index in [0.717, 1.165) is 5.56 Å². The van der Waals surface area contributed by atoms with E-state index >= 15 is 0 Å². The average molecular weight is 299 g/mol. The number of hydrogen-bond acceptors (Lipinski definition) is 2. The highest BCUT2D eigenvalue weighted by atomic mass is 35.5. The van der Waals surface area contributed by atoms with Crippen LogP contribution in [0.5, 0.6) is 0 Å². The van der Waals surface area contributed by atoms with Crippen LogP contribution in [0, 0.1) is 11.3 Å². The molecule has 2 aromatic rings. The lowest BCUT2D eigenvalue weighted by atomic mass is 9.83. The summed E-state index contributed by atoms with van der Waals surface area (Å²) in [5, 5.41) is 12.0. The minimum absolute atomic E-state index is 0.130. The molecule has 0 heterocycles. The standard InChI is InChI=1S/C17H15ClN2O/c1-17(2,13-6-4-3-5-7-13)16(21)20-14-9-8-12(11-19)15(18)10-14/h3-10H,1-2H3,(H,20,21). The maximum Gasteiger partial charge on any atom is 0.234 e. The van der Waals surface area contributed by atoms with Crippen LogP contribution in [0.15, 0.2) is 48.5 Å². The summed E-state index contributed by atoms with van der Waals surface area (Å²) in [6, 6.07) is 16.4. The molecule has 0 radical (unpaired) electrons. The molecular formula is C17H15ClN2O. The van der Waals surface area contributed by atoms with Gasteiger partial charge < -0.3 is 5.32 Å². The monoisotopic (exact) mass is 298 g/mol. The van der Waals surface area contributed by atoms with Crippen molar-refractivity contribution in [3.05, 3.63) is 64.7 Å². The second kappa shape index (κ2) is 5.99. The van der Waals surface area contributed by atoms with Crippen LogP contribution in [0.3, 0.4) is 0 Å². The third-order valence-electron chi connectivity index (χ3n) is 3.41. The minimum atomic E-state index is -0.665. The summed E-state index contributed by atoms with van der Waals surface area (Å²) in [4.78, 5) is 12.5. The maximum absolute atomic E-state index is 12.5. The van der Waals surface area contributed by atoms with Gasteiger partial charge in [0.25, 0.3) is 0 Å². The quantitative estimate of drug-likeness (QED) is 0.926. The van der Waals surface area contributed by atoms with E-state index in [4.69, 9.17) is 16.9 Å². The van der Waals surface area contributed by atoms with Crippen molar-refractivity contribution >= 4 is 23.2 Å². The highest BCUT2D eigenvalue weighted by Crippen LogP contribution is 2.26. The molecule has 0 saturated carbocycles. The molecule has 0 bridgehead atoms. The Balaban J connectivity index is 2.22. The van der Waals surface area contributed by atoms with Crippen molar-refractivity contribution < 1.29 is 4.79 Å². The third kappa shape index (κ3) is 3.24. The predicted molar refractivity (Wildman–Crippen MR) is 84.3 cm³/mol. The first-order valence-corrected chi connectivity index (χ1v) is 6.89. The SMILES string of the molecule is CC(C)(C(=O)Nc1ccc(C#N)c(Cl)c1)c1ccccc1. The fourth-order valence-electron chi connectivity index (χ4n) is 1.96. The zero-order valence-electron chi connectivity index (χ0n) is 11.9. The van der Waals surface area contributed by atoms with Crippen LogP contribution in [0.4, 0.5) is 5.69 Å². The second-order valence-corrected chi connectivity index (χ2v) is 5.66. The molecule has 21 heavy (non-hydrogen) atoms. The zero-order valence-corrected chi connectivity index (χ0v) is 12.6. The van der Waals surface area contributed by atoms with E-state index in [2.05, 4.69) is 5.32 Å². The van der Waals surface area contributed by atoms with Crippen molar-refractivity contribution in [3.8, 4) is 6.07 Å². The summed E-state index contributed by atoms with van der Waals surface area (Å²) < 4.78 is 0. The topological polar surface area (TPSA) is 52.9 Å². The van der Waals surface area contributed by atoms with Gasteiger partial charge in [-0.05, 0) is 37.6 Å². The molecule has 0 aliphatic heterocycles. The van der Waals surface area contributed by atoms with E-state index in [0.29, 0.717) is 16.3 Å². The fourth-order valence-corrected chi connectivity index (χ4v) is 2.18. The summed E-state index contributed by atoms with van der Waals surface area (Å²) in [7, 11) is 0. The first kappa shape index (κ1) is 15.1. The predicted octanol–water partition coefficient (Wildman–Crippen LogP) is 4.13. The normalized spacial score (nSPS) is 10.8. The van der Waals surface area contributed by atoms with Gasteiger partial charge >= 0.3 is 0 Å². The highest BCUT2D eigenvalue weighted by Gasteiger charge is 2.29. The Morgan fingerprint density at radius 3 is 2.43 bits per heavy atom. The van der Waals surface area contributed by atoms with Crippen LogP contribution in [0.1, 0.15) is 25.0 Å². The second-order valence-electron chi connectivity index (χ2n) is 5.25. The van der Waals surface area contributed by atoms with Crippen LogP contribution in [0.2, 0.25) is 5.02 Å². The fraction of sp³-hybridized carbons (Fsp3) is 0.176. The number of hydrogen-bond donors (Lipinski definition) is 1. The Morgan fingerprint density at radius 2 is 1.86 bits per heavy atom. The summed E-state index contributed by atoms with van der Waals surface area (Å²) in [5.41, 5.74) is 1.23. The first-order chi connectivity index (χ1) is 9.95. The van der Waals surface area contributed by atoms with Gasteiger partial charge in [-0.15, -0.1) is 0 Å². The van der Waals surface area contributed by atoms with Crippen LogP contribution in [-0.4, -0.2) is 5.91 Å². The van der Waals surface area contributed by atoms with Gasteiger partial charge in [-0.1, -0.05) is 41.9 Å². The number of halogens is 1. The summed E-state index contributed by atoms with van der Waals surface area (Å²) in [5.74, 6) is -0.130. The molecule has 0 atom stereocenters. The lowest BCUT2D eigenvalue weighted by Gasteiger charge is -2.24. The Morgan fingerprint density at radius 1 is 1.19 bits per heavy atom. The molecule has 0 saturated heterocycles. The molecule has 0 unspecified atom stereocenters. The molecule has 1 amide bonds. The van der Waals surface area contributed by atoms with E-state index < -0.39 is 5.41 Å². The van der Waals surface area contributed by atoms with Crippen LogP contribution in [0.25, 0.3) is 0 Å². The number of nitrogens with one attached hydrogen (secondary N) is 1. The number of benzene rings is 2. The molecule has 0 spiro atoms. The lowest BCUT2D eigenvalue weighted by molar-refractivity contribution is -0.120. The lowest BCUT2D eigenvalue weighted by Crippen LogP contribution is -2.34. The third-order valence-corrected chi connectivity index (χ3v) is 3.72. The summed E-state index contributed by atoms with van der Waals surface area (Å²) in [6.07, 6.45) is 0. The van der Waals surface area contributed by atoms with E-state index in [1.54, 1.807) is 18.2 Å². The van der Waals surface area contributed by atoms with E-state index in [1.807, 2.05) is 50.2 Å². The minimum Gasteiger partial charge on any atom is -0.325 e. The van der Waals surface area contributed by atoms with E-state index in [1.165, 1.54) is 0 Å². The molecule has 1 N–H and O–H groups in total. The molecule has 4 heteroatoms. The first-order valence-electron chi connectivity index (χ1n) is 6.52. The van der Waals surface area contributed by atoms with Crippen molar-refractivity contribution in [2.45, 2.75) is 19.3 Å². The van der Waals surface area contributed by atoms with Crippen molar-refractivity contribution in [2.75, 3.05) is 5.32 Å². The van der Waals surface area contributed by atoms with Gasteiger partial charge in [0, 0.05) is 5.69 Å². The Bertz CT molecular complexity index is 702. The largest absolute Gasteiger partial charge is 0.325 e. The van der Waals surface area contributed by atoms with Crippen LogP contribution < -0.4 is 5.32 Å². The van der Waals surface area contributed by atoms with Crippen molar-refractivity contribution in [1.82, 2.24) is 0 Å². The van der Waals surface area contributed by atoms with Crippen molar-refractivity contribution in [1.29, 1.82) is 5.26 Å². The number of carbonyl (C=O) groups is 1. The number of nitriles is 1.